The third-order valence-electron chi connectivity index (χ3n) is 0.624. The molecule has 0 aliphatic carbocycles. The van der Waals surface area contributed by atoms with Crippen molar-refractivity contribution in [1.82, 2.24) is 0 Å². The van der Waals surface area contributed by atoms with E-state index in [-0.39, 0.29) is 65.0 Å². The first-order chi connectivity index (χ1) is 6.04. The van der Waals surface area contributed by atoms with Gasteiger partial charge in [-0.1, -0.05) is 0 Å². The lowest BCUT2D eigenvalue weighted by atomic mass is 10.8. The van der Waals surface area contributed by atoms with Gasteiger partial charge in [0.05, 0.1) is 13.2 Å². The molecule has 0 bridgehead atoms. The third kappa shape index (κ3) is 77.4. The van der Waals surface area contributed by atoms with Crippen molar-refractivity contribution < 1.29 is 51.2 Å². The lowest BCUT2D eigenvalue weighted by Gasteiger charge is -1.99. The molecule has 0 saturated heterocycles. The molecular weight excluding hydrogens is 268 g/mol. The zero-order chi connectivity index (χ0) is 10.7. The molecule has 0 unspecified atom stereocenters. The summed E-state index contributed by atoms with van der Waals surface area (Å²) < 4.78 is 8.54. The van der Waals surface area contributed by atoms with Crippen molar-refractivity contribution >= 4 is 35.0 Å². The van der Waals surface area contributed by atoms with Crippen molar-refractivity contribution in [2.75, 3.05) is 20.0 Å². The minimum atomic E-state index is -0.462. The number of rotatable bonds is 3. The number of carbonyl (C=O) groups is 2. The predicted molar refractivity (Wildman–Crippen MR) is 65.6 cm³/mol. The number of aliphatic hydroxyl groups excluding tert-OH is 2. The minimum absolute atomic E-state index is 0. The van der Waals surface area contributed by atoms with Gasteiger partial charge in [-0.05, 0) is 0 Å². The van der Waals surface area contributed by atoms with E-state index in [0.717, 1.165) is 0 Å². The highest BCUT2D eigenvalue weighted by atomic mass is 24.3. The van der Waals surface area contributed by atoms with E-state index >= 15 is 0 Å². The monoisotopic (exact) mass is 292 g/mol. The first-order valence-corrected chi connectivity index (χ1v) is 3.53. The van der Waals surface area contributed by atoms with Crippen LogP contribution in [0, 0.1) is 0 Å². The van der Waals surface area contributed by atoms with E-state index in [1.165, 1.54) is 13.8 Å². The van der Waals surface area contributed by atoms with Crippen molar-refractivity contribution in [1.29, 1.82) is 0 Å². The summed E-state index contributed by atoms with van der Waals surface area (Å²) in [5.74, 6) is -0.924. The number of hydrogen-bond donors (Lipinski definition) is 2. The molecular formula is C7H24MgO10. The average molecular weight is 293 g/mol. The van der Waals surface area contributed by atoms with Crippen LogP contribution in [0.1, 0.15) is 13.8 Å². The second-order valence-corrected chi connectivity index (χ2v) is 1.84. The Kier molecular flexibility index (Phi) is 86.4. The van der Waals surface area contributed by atoms with Crippen LogP contribution in [0.25, 0.3) is 0 Å². The standard InChI is InChI=1S/C5H8O4.C2H6O2.Mg.4H2O.2H/c1-4(6)8-3-9-5(2)7;3-1-2-4;;;;;;;/h3H2,1-2H3;3-4H,1-2H2;;4*1H2;;. The Hall–Kier alpha value is -0.534. The van der Waals surface area contributed by atoms with Crippen molar-refractivity contribution in [3.05, 3.63) is 0 Å². The first kappa shape index (κ1) is 43.2. The number of esters is 2. The number of aliphatic hydroxyl groups is 2. The second-order valence-electron chi connectivity index (χ2n) is 1.84. The summed E-state index contributed by atoms with van der Waals surface area (Å²) in [5.41, 5.74) is 0. The highest BCUT2D eigenvalue weighted by Gasteiger charge is 1.93. The Morgan fingerprint density at radius 2 is 1.06 bits per heavy atom. The summed E-state index contributed by atoms with van der Waals surface area (Å²) in [6.07, 6.45) is 0. The van der Waals surface area contributed by atoms with E-state index in [1.807, 2.05) is 0 Å². The molecule has 114 valence electrons. The van der Waals surface area contributed by atoms with Crippen LogP contribution in [0.3, 0.4) is 0 Å². The number of carbonyl (C=O) groups excluding carboxylic acids is 2. The molecule has 0 heterocycles. The molecule has 0 radical (unpaired) electrons. The lowest BCUT2D eigenvalue weighted by Crippen LogP contribution is -2.07. The zero-order valence-corrected chi connectivity index (χ0v) is 9.65. The van der Waals surface area contributed by atoms with Gasteiger partial charge in [0.15, 0.2) is 0 Å². The summed E-state index contributed by atoms with van der Waals surface area (Å²) in [6, 6.07) is 0. The van der Waals surface area contributed by atoms with E-state index in [0.29, 0.717) is 0 Å². The SMILES string of the molecule is CC(=O)OCOC(C)=O.O.O.O.O.OCCO.[MgH2]. The molecule has 0 fully saturated rings. The number of ether oxygens (including phenoxy) is 2. The molecule has 10 nitrogen and oxygen atoms in total. The van der Waals surface area contributed by atoms with Crippen LogP contribution in [0.2, 0.25) is 0 Å². The van der Waals surface area contributed by atoms with Gasteiger partial charge in [-0.3, -0.25) is 9.59 Å². The quantitative estimate of drug-likeness (QED) is 0.293. The van der Waals surface area contributed by atoms with Gasteiger partial charge in [-0.25, -0.2) is 0 Å². The Morgan fingerprint density at radius 1 is 0.833 bits per heavy atom. The highest BCUT2D eigenvalue weighted by molar-refractivity contribution is 5.75. The highest BCUT2D eigenvalue weighted by Crippen LogP contribution is 1.79. The summed E-state index contributed by atoms with van der Waals surface area (Å²) in [4.78, 5) is 20.0. The fourth-order valence-corrected chi connectivity index (χ4v) is 0.195. The van der Waals surface area contributed by atoms with E-state index in [2.05, 4.69) is 9.47 Å². The van der Waals surface area contributed by atoms with E-state index in [9.17, 15) is 9.59 Å². The van der Waals surface area contributed by atoms with Crippen molar-refractivity contribution in [2.45, 2.75) is 13.8 Å². The molecule has 0 saturated carbocycles. The van der Waals surface area contributed by atoms with Crippen LogP contribution >= 0.6 is 0 Å². The largest absolute Gasteiger partial charge is 0.428 e. The van der Waals surface area contributed by atoms with E-state index < -0.39 is 11.9 Å². The molecule has 0 amide bonds. The van der Waals surface area contributed by atoms with Crippen LogP contribution in [0.5, 0.6) is 0 Å². The molecule has 18 heavy (non-hydrogen) atoms. The second kappa shape index (κ2) is 36.0. The summed E-state index contributed by atoms with van der Waals surface area (Å²) in [7, 11) is 0. The van der Waals surface area contributed by atoms with E-state index in [1.54, 1.807) is 0 Å². The van der Waals surface area contributed by atoms with Gasteiger partial charge in [0.2, 0.25) is 6.79 Å². The normalized spacial score (nSPS) is 5.78. The van der Waals surface area contributed by atoms with Gasteiger partial charge in [0.1, 0.15) is 0 Å². The Labute approximate surface area is 120 Å². The first-order valence-electron chi connectivity index (χ1n) is 3.53. The summed E-state index contributed by atoms with van der Waals surface area (Å²) in [5, 5.41) is 15.2. The summed E-state index contributed by atoms with van der Waals surface area (Å²) in [6.45, 7) is 1.94. The topological polar surface area (TPSA) is 219 Å². The zero-order valence-electron chi connectivity index (χ0n) is 9.65. The molecule has 0 aromatic heterocycles. The Bertz CT molecular complexity index is 137. The third-order valence-corrected chi connectivity index (χ3v) is 0.624. The molecule has 11 heteroatoms. The molecule has 0 aromatic carbocycles. The van der Waals surface area contributed by atoms with Crippen molar-refractivity contribution in [3.8, 4) is 0 Å². The van der Waals surface area contributed by atoms with Gasteiger partial charge in [0.25, 0.3) is 0 Å². The summed E-state index contributed by atoms with van der Waals surface area (Å²) >= 11 is 0. The fourth-order valence-electron chi connectivity index (χ4n) is 0.195. The maximum atomic E-state index is 10.0. The molecule has 0 aliphatic rings. The van der Waals surface area contributed by atoms with E-state index in [4.69, 9.17) is 10.2 Å². The van der Waals surface area contributed by atoms with Gasteiger partial charge >= 0.3 is 35.0 Å². The predicted octanol–water partition coefficient (Wildman–Crippen LogP) is -5.17. The molecule has 0 aromatic rings. The van der Waals surface area contributed by atoms with Crippen molar-refractivity contribution in [2.24, 2.45) is 0 Å². The van der Waals surface area contributed by atoms with Crippen LogP contribution in [0.15, 0.2) is 0 Å². The maximum Gasteiger partial charge on any atom is 0.316 e. The minimum Gasteiger partial charge on any atom is -0.428 e. The molecule has 10 N–H and O–H groups in total. The Balaban J connectivity index is -0.0000000243. The average Bonchev–Trinajstić information content (AvgIpc) is 2.03. The number of hydrogen-bond acceptors (Lipinski definition) is 6. The van der Waals surface area contributed by atoms with Gasteiger partial charge in [-0.15, -0.1) is 0 Å². The lowest BCUT2D eigenvalue weighted by molar-refractivity contribution is -0.163. The van der Waals surface area contributed by atoms with Gasteiger partial charge in [-0.2, -0.15) is 0 Å². The van der Waals surface area contributed by atoms with Crippen LogP contribution < -0.4 is 0 Å². The van der Waals surface area contributed by atoms with Crippen LogP contribution in [-0.2, 0) is 19.1 Å². The van der Waals surface area contributed by atoms with Gasteiger partial charge in [0, 0.05) is 13.8 Å². The van der Waals surface area contributed by atoms with Crippen LogP contribution in [-0.4, -0.2) is 87.1 Å². The van der Waals surface area contributed by atoms with Gasteiger partial charge < -0.3 is 41.6 Å². The molecule has 0 rings (SSSR count). The van der Waals surface area contributed by atoms with Crippen LogP contribution in [0.4, 0.5) is 0 Å². The maximum absolute atomic E-state index is 10.0. The van der Waals surface area contributed by atoms with Crippen molar-refractivity contribution in [3.63, 3.8) is 0 Å². The Morgan fingerprint density at radius 3 is 1.17 bits per heavy atom. The molecule has 0 atom stereocenters. The smallest absolute Gasteiger partial charge is 0.316 e. The fraction of sp³-hybridized carbons (Fsp3) is 0.714. The molecule has 0 spiro atoms. The molecule has 0 aliphatic heterocycles.